The van der Waals surface area contributed by atoms with Crippen molar-refractivity contribution < 1.29 is 4.74 Å². The number of nitrogens with one attached hydrogen (secondary N) is 4. The Kier molecular flexibility index (Phi) is 5.37. The highest BCUT2D eigenvalue weighted by molar-refractivity contribution is 6.30. The average molecular weight is 425 g/mol. The van der Waals surface area contributed by atoms with Gasteiger partial charge in [-0.15, -0.1) is 0 Å². The van der Waals surface area contributed by atoms with Crippen LogP contribution in [0.2, 0.25) is 5.02 Å². The summed E-state index contributed by atoms with van der Waals surface area (Å²) in [5.74, 6) is 0.0933. The summed E-state index contributed by atoms with van der Waals surface area (Å²) in [5, 5.41) is 11.6. The number of rotatable bonds is 6. The normalized spacial score (nSPS) is 11.2. The van der Waals surface area contributed by atoms with Crippen LogP contribution in [0.15, 0.2) is 58.1 Å². The monoisotopic (exact) mass is 424 g/mol. The second kappa shape index (κ2) is 8.12. The SMILES string of the molecule is Cc1[nH][nH]c(=O)c1C(c1cccc(OCc2ccc(Cl)cc2)c1)c1c(C)[nH][nH]c1=O. The van der Waals surface area contributed by atoms with Gasteiger partial charge in [-0.05, 0) is 49.2 Å². The molecule has 30 heavy (non-hydrogen) atoms. The largest absolute Gasteiger partial charge is 0.489 e. The first-order valence-electron chi connectivity index (χ1n) is 9.45. The fourth-order valence-corrected chi connectivity index (χ4v) is 3.74. The van der Waals surface area contributed by atoms with Crippen LogP contribution in [0.3, 0.4) is 0 Å². The molecule has 0 saturated heterocycles. The Morgan fingerprint density at radius 2 is 1.47 bits per heavy atom. The molecule has 2 aromatic heterocycles. The summed E-state index contributed by atoms with van der Waals surface area (Å²) >= 11 is 5.93. The Labute approximate surface area is 177 Å². The van der Waals surface area contributed by atoms with Gasteiger partial charge in [0.05, 0.1) is 11.1 Å². The van der Waals surface area contributed by atoms with Crippen molar-refractivity contribution in [1.29, 1.82) is 0 Å². The second-order valence-electron chi connectivity index (χ2n) is 7.16. The molecule has 4 aromatic rings. The number of aryl methyl sites for hydroxylation is 2. The second-order valence-corrected chi connectivity index (χ2v) is 7.59. The Morgan fingerprint density at radius 3 is 2.00 bits per heavy atom. The molecule has 8 heteroatoms. The van der Waals surface area contributed by atoms with Crippen molar-refractivity contribution >= 4 is 11.6 Å². The fraction of sp³-hybridized carbons (Fsp3) is 0.182. The zero-order valence-corrected chi connectivity index (χ0v) is 17.3. The van der Waals surface area contributed by atoms with Crippen molar-refractivity contribution in [1.82, 2.24) is 20.4 Å². The topological polar surface area (TPSA) is 107 Å². The van der Waals surface area contributed by atoms with Crippen LogP contribution in [0.1, 0.15) is 39.6 Å². The summed E-state index contributed by atoms with van der Waals surface area (Å²) in [5.41, 5.74) is 3.60. The van der Waals surface area contributed by atoms with E-state index in [9.17, 15) is 9.59 Å². The van der Waals surface area contributed by atoms with Crippen molar-refractivity contribution in [2.75, 3.05) is 0 Å². The van der Waals surface area contributed by atoms with Gasteiger partial charge in [-0.25, -0.2) is 0 Å². The molecule has 0 saturated carbocycles. The maximum Gasteiger partial charge on any atom is 0.268 e. The number of ether oxygens (including phenoxy) is 1. The van der Waals surface area contributed by atoms with Crippen LogP contribution >= 0.6 is 11.6 Å². The van der Waals surface area contributed by atoms with Gasteiger partial charge in [0.25, 0.3) is 11.1 Å². The molecule has 0 unspecified atom stereocenters. The summed E-state index contributed by atoms with van der Waals surface area (Å²) in [6.45, 7) is 3.98. The van der Waals surface area contributed by atoms with Gasteiger partial charge in [0.1, 0.15) is 12.4 Å². The van der Waals surface area contributed by atoms with Crippen LogP contribution in [0.5, 0.6) is 5.75 Å². The van der Waals surface area contributed by atoms with Gasteiger partial charge in [0.15, 0.2) is 0 Å². The summed E-state index contributed by atoms with van der Waals surface area (Å²) in [6, 6.07) is 14.9. The molecule has 4 N–H and O–H groups in total. The summed E-state index contributed by atoms with van der Waals surface area (Å²) < 4.78 is 5.95. The molecule has 0 bridgehead atoms. The van der Waals surface area contributed by atoms with Gasteiger partial charge < -0.3 is 14.9 Å². The number of H-pyrrole nitrogens is 4. The smallest absolute Gasteiger partial charge is 0.268 e. The van der Waals surface area contributed by atoms with Gasteiger partial charge in [-0.3, -0.25) is 19.8 Å². The third-order valence-corrected chi connectivity index (χ3v) is 5.36. The van der Waals surface area contributed by atoms with Crippen LogP contribution in [0.4, 0.5) is 0 Å². The quantitative estimate of drug-likeness (QED) is 0.378. The molecule has 0 aliphatic heterocycles. The van der Waals surface area contributed by atoms with E-state index < -0.39 is 5.92 Å². The molecule has 2 aromatic carbocycles. The zero-order valence-electron chi connectivity index (χ0n) is 16.5. The first-order valence-corrected chi connectivity index (χ1v) is 9.83. The van der Waals surface area contributed by atoms with E-state index in [4.69, 9.17) is 16.3 Å². The molecule has 0 aliphatic rings. The Morgan fingerprint density at radius 1 is 0.867 bits per heavy atom. The highest BCUT2D eigenvalue weighted by Crippen LogP contribution is 2.32. The van der Waals surface area contributed by atoms with Crippen LogP contribution in [0.25, 0.3) is 0 Å². The number of benzene rings is 2. The van der Waals surface area contributed by atoms with Crippen LogP contribution in [0, 0.1) is 13.8 Å². The molecular formula is C22H21ClN4O3. The minimum absolute atomic E-state index is 0.259. The maximum absolute atomic E-state index is 12.5. The zero-order chi connectivity index (χ0) is 21.3. The predicted molar refractivity (Wildman–Crippen MR) is 115 cm³/mol. The number of aromatic amines is 4. The third-order valence-electron chi connectivity index (χ3n) is 5.11. The van der Waals surface area contributed by atoms with E-state index in [1.807, 2.05) is 48.5 Å². The first-order chi connectivity index (χ1) is 14.4. The molecular weight excluding hydrogens is 404 g/mol. The molecule has 0 amide bonds. The fourth-order valence-electron chi connectivity index (χ4n) is 3.62. The van der Waals surface area contributed by atoms with Crippen LogP contribution in [-0.2, 0) is 6.61 Å². The number of aromatic nitrogens is 4. The average Bonchev–Trinajstić information content (AvgIpc) is 3.25. The first kappa shape index (κ1) is 19.8. The maximum atomic E-state index is 12.5. The van der Waals surface area contributed by atoms with Gasteiger partial charge in [-0.1, -0.05) is 35.9 Å². The van der Waals surface area contributed by atoms with Gasteiger partial charge >= 0.3 is 0 Å². The van der Waals surface area contributed by atoms with E-state index in [-0.39, 0.29) is 11.1 Å². The summed E-state index contributed by atoms with van der Waals surface area (Å²) in [4.78, 5) is 25.1. The lowest BCUT2D eigenvalue weighted by Crippen LogP contribution is -2.20. The highest BCUT2D eigenvalue weighted by Gasteiger charge is 2.28. The van der Waals surface area contributed by atoms with Crippen molar-refractivity contribution in [3.63, 3.8) is 0 Å². The Hall–Kier alpha value is -3.45. The van der Waals surface area contributed by atoms with E-state index in [0.29, 0.717) is 39.9 Å². The number of halogens is 1. The van der Waals surface area contributed by atoms with Crippen molar-refractivity contribution in [3.05, 3.63) is 108 Å². The molecule has 0 fully saturated rings. The van der Waals surface area contributed by atoms with Gasteiger partial charge in [-0.2, -0.15) is 0 Å². The third kappa shape index (κ3) is 3.84. The van der Waals surface area contributed by atoms with E-state index >= 15 is 0 Å². The minimum Gasteiger partial charge on any atom is -0.489 e. The number of hydrogen-bond donors (Lipinski definition) is 4. The molecule has 0 aliphatic carbocycles. The van der Waals surface area contributed by atoms with E-state index in [2.05, 4.69) is 20.4 Å². The standard InChI is InChI=1S/C22H21ClN4O3/c1-12-18(21(28)26-24-12)20(19-13(2)25-27-22(19)29)15-4-3-5-17(10-15)30-11-14-6-8-16(23)9-7-14/h3-10,20H,11H2,1-2H3,(H2,24,26,28)(H2,25,27,29). The molecule has 4 rings (SSSR count). The molecule has 154 valence electrons. The molecule has 0 spiro atoms. The molecule has 0 atom stereocenters. The summed E-state index contributed by atoms with van der Waals surface area (Å²) in [7, 11) is 0. The lowest BCUT2D eigenvalue weighted by molar-refractivity contribution is 0.306. The van der Waals surface area contributed by atoms with Crippen LogP contribution in [-0.4, -0.2) is 20.4 Å². The molecule has 2 heterocycles. The Bertz CT molecular complexity index is 1230. The molecule has 0 radical (unpaired) electrons. The Balaban J connectivity index is 1.73. The molecule has 7 nitrogen and oxygen atoms in total. The van der Waals surface area contributed by atoms with Crippen molar-refractivity contribution in [2.24, 2.45) is 0 Å². The van der Waals surface area contributed by atoms with E-state index in [1.54, 1.807) is 13.8 Å². The lowest BCUT2D eigenvalue weighted by Gasteiger charge is -2.17. The highest BCUT2D eigenvalue weighted by atomic mass is 35.5. The van der Waals surface area contributed by atoms with Crippen molar-refractivity contribution in [2.45, 2.75) is 26.4 Å². The summed E-state index contributed by atoms with van der Waals surface area (Å²) in [6.07, 6.45) is 0. The van der Waals surface area contributed by atoms with Crippen molar-refractivity contribution in [3.8, 4) is 5.75 Å². The predicted octanol–water partition coefficient (Wildman–Crippen LogP) is 3.75. The van der Waals surface area contributed by atoms with Gasteiger partial charge in [0, 0.05) is 22.3 Å². The van der Waals surface area contributed by atoms with E-state index in [0.717, 1.165) is 11.1 Å². The lowest BCUT2D eigenvalue weighted by atomic mass is 9.85. The van der Waals surface area contributed by atoms with Gasteiger partial charge in [0.2, 0.25) is 0 Å². The van der Waals surface area contributed by atoms with E-state index in [1.165, 1.54) is 0 Å². The minimum atomic E-state index is -0.547. The number of hydrogen-bond acceptors (Lipinski definition) is 3. The van der Waals surface area contributed by atoms with Crippen LogP contribution < -0.4 is 15.9 Å².